The van der Waals surface area contributed by atoms with Crippen molar-refractivity contribution in [1.29, 1.82) is 5.26 Å². The predicted molar refractivity (Wildman–Crippen MR) is 77.2 cm³/mol. The molecular weight excluding hydrogens is 264 g/mol. The maximum absolute atomic E-state index is 9.20. The fourth-order valence-corrected chi connectivity index (χ4v) is 2.84. The number of aryl methyl sites for hydroxylation is 1. The number of hydrogen-bond acceptors (Lipinski definition) is 5. The van der Waals surface area contributed by atoms with Gasteiger partial charge in [-0.25, -0.2) is 0 Å². The second kappa shape index (κ2) is 6.06. The Labute approximate surface area is 124 Å². The monoisotopic (exact) mass is 282 g/mol. The number of hydrogen-bond donors (Lipinski definition) is 0. The number of aromatic nitrogens is 2. The van der Waals surface area contributed by atoms with E-state index in [2.05, 4.69) is 21.1 Å². The van der Waals surface area contributed by atoms with Crippen LogP contribution in [-0.2, 0) is 13.0 Å². The van der Waals surface area contributed by atoms with Crippen LogP contribution in [0.15, 0.2) is 28.8 Å². The first-order valence-electron chi connectivity index (χ1n) is 7.36. The highest BCUT2D eigenvalue weighted by Crippen LogP contribution is 2.31. The average Bonchev–Trinajstić information content (AvgIpc) is 3.16. The van der Waals surface area contributed by atoms with E-state index in [9.17, 15) is 5.26 Å². The summed E-state index contributed by atoms with van der Waals surface area (Å²) < 4.78 is 5.23. The van der Waals surface area contributed by atoms with E-state index >= 15 is 0 Å². The first kappa shape index (κ1) is 13.8. The molecule has 0 unspecified atom stereocenters. The van der Waals surface area contributed by atoms with Crippen LogP contribution < -0.4 is 0 Å². The Hall–Kier alpha value is -2.19. The highest BCUT2D eigenvalue weighted by atomic mass is 16.5. The molecule has 1 aromatic carbocycles. The summed E-state index contributed by atoms with van der Waals surface area (Å²) in [6.07, 6.45) is 2.92. The van der Waals surface area contributed by atoms with E-state index in [1.807, 2.05) is 31.2 Å². The van der Waals surface area contributed by atoms with E-state index in [4.69, 9.17) is 4.52 Å². The number of benzene rings is 1. The van der Waals surface area contributed by atoms with Gasteiger partial charge in [0.15, 0.2) is 5.82 Å². The maximum atomic E-state index is 9.20. The quantitative estimate of drug-likeness (QED) is 0.862. The third-order valence-electron chi connectivity index (χ3n) is 3.96. The second-order valence-electron chi connectivity index (χ2n) is 5.30. The summed E-state index contributed by atoms with van der Waals surface area (Å²) in [6.45, 7) is 3.76. The maximum Gasteiger partial charge on any atom is 0.226 e. The molecule has 0 radical (unpaired) electrons. The molecule has 1 saturated heterocycles. The number of nitrogens with zero attached hydrogens (tertiary/aromatic N) is 4. The van der Waals surface area contributed by atoms with Gasteiger partial charge in [-0.1, -0.05) is 30.3 Å². The van der Waals surface area contributed by atoms with Gasteiger partial charge in [0.1, 0.15) is 0 Å². The first-order chi connectivity index (χ1) is 10.3. The van der Waals surface area contributed by atoms with E-state index in [1.54, 1.807) is 0 Å². The Morgan fingerprint density at radius 1 is 1.43 bits per heavy atom. The molecule has 0 amide bonds. The van der Waals surface area contributed by atoms with Crippen LogP contribution in [0.5, 0.6) is 0 Å². The average molecular weight is 282 g/mol. The van der Waals surface area contributed by atoms with Gasteiger partial charge in [-0.3, -0.25) is 4.90 Å². The van der Waals surface area contributed by atoms with E-state index in [0.29, 0.717) is 5.89 Å². The van der Waals surface area contributed by atoms with Crippen molar-refractivity contribution in [3.05, 3.63) is 47.1 Å². The molecule has 2 aromatic rings. The summed E-state index contributed by atoms with van der Waals surface area (Å²) in [5, 5.41) is 13.3. The Morgan fingerprint density at radius 2 is 2.29 bits per heavy atom. The fraction of sp³-hybridized carbons (Fsp3) is 0.438. The summed E-state index contributed by atoms with van der Waals surface area (Å²) in [4.78, 5) is 6.79. The van der Waals surface area contributed by atoms with Gasteiger partial charge in [0, 0.05) is 13.0 Å². The highest BCUT2D eigenvalue weighted by molar-refractivity contribution is 5.37. The Morgan fingerprint density at radius 3 is 3.05 bits per heavy atom. The number of rotatable bonds is 4. The van der Waals surface area contributed by atoms with Crippen molar-refractivity contribution in [2.45, 2.75) is 38.8 Å². The van der Waals surface area contributed by atoms with Crippen molar-refractivity contribution >= 4 is 0 Å². The van der Waals surface area contributed by atoms with Gasteiger partial charge < -0.3 is 4.52 Å². The summed E-state index contributed by atoms with van der Waals surface area (Å²) in [6, 6.07) is 10.2. The van der Waals surface area contributed by atoms with E-state index in [1.165, 1.54) is 0 Å². The van der Waals surface area contributed by atoms with Gasteiger partial charge >= 0.3 is 0 Å². The fourth-order valence-electron chi connectivity index (χ4n) is 2.84. The molecule has 0 aliphatic carbocycles. The summed E-state index contributed by atoms with van der Waals surface area (Å²) in [7, 11) is 0. The molecule has 5 heteroatoms. The zero-order chi connectivity index (χ0) is 14.7. The molecule has 0 saturated carbocycles. The van der Waals surface area contributed by atoms with Crippen LogP contribution in [0, 0.1) is 11.3 Å². The predicted octanol–water partition coefficient (Wildman–Crippen LogP) is 2.84. The third-order valence-corrected chi connectivity index (χ3v) is 3.96. The van der Waals surface area contributed by atoms with Gasteiger partial charge in [0.2, 0.25) is 5.89 Å². The van der Waals surface area contributed by atoms with Crippen molar-refractivity contribution in [3.8, 4) is 6.07 Å². The Bertz CT molecular complexity index is 658. The Balaban J connectivity index is 1.80. The standard InChI is InChI=1S/C16H18N4O/c1-2-15-18-16(19-21-15)14-8-5-9-20(14)11-13-7-4-3-6-12(13)10-17/h3-4,6-7,14H,2,5,8-9,11H2,1H3/t14-/m0/s1. The molecule has 0 bridgehead atoms. The van der Waals surface area contributed by atoms with Crippen LogP contribution in [0.4, 0.5) is 0 Å². The van der Waals surface area contributed by atoms with E-state index < -0.39 is 0 Å². The minimum atomic E-state index is 0.195. The molecule has 108 valence electrons. The molecule has 1 aliphatic heterocycles. The SMILES string of the molecule is CCc1nc([C@@H]2CCCN2Cc2ccccc2C#N)no1. The first-order valence-corrected chi connectivity index (χ1v) is 7.36. The molecule has 1 aliphatic rings. The minimum Gasteiger partial charge on any atom is -0.339 e. The Kier molecular flexibility index (Phi) is 3.98. The summed E-state index contributed by atoms with van der Waals surface area (Å²) >= 11 is 0. The molecule has 1 fully saturated rings. The van der Waals surface area contributed by atoms with Gasteiger partial charge in [0.05, 0.1) is 17.7 Å². The molecule has 0 spiro atoms. The van der Waals surface area contributed by atoms with Crippen LogP contribution in [0.2, 0.25) is 0 Å². The molecule has 1 atom stereocenters. The highest BCUT2D eigenvalue weighted by Gasteiger charge is 2.30. The molecule has 3 rings (SSSR count). The van der Waals surface area contributed by atoms with E-state index in [-0.39, 0.29) is 6.04 Å². The molecule has 5 nitrogen and oxygen atoms in total. The lowest BCUT2D eigenvalue weighted by atomic mass is 10.1. The van der Waals surface area contributed by atoms with Crippen LogP contribution >= 0.6 is 0 Å². The largest absolute Gasteiger partial charge is 0.339 e. The smallest absolute Gasteiger partial charge is 0.226 e. The zero-order valence-electron chi connectivity index (χ0n) is 12.1. The van der Waals surface area contributed by atoms with Crippen LogP contribution in [0.3, 0.4) is 0 Å². The zero-order valence-corrected chi connectivity index (χ0v) is 12.1. The van der Waals surface area contributed by atoms with Gasteiger partial charge in [-0.2, -0.15) is 10.2 Å². The van der Waals surface area contributed by atoms with Crippen molar-refractivity contribution in [2.24, 2.45) is 0 Å². The van der Waals surface area contributed by atoms with Crippen LogP contribution in [-0.4, -0.2) is 21.6 Å². The van der Waals surface area contributed by atoms with Crippen molar-refractivity contribution in [1.82, 2.24) is 15.0 Å². The molecule has 21 heavy (non-hydrogen) atoms. The van der Waals surface area contributed by atoms with Crippen molar-refractivity contribution < 1.29 is 4.52 Å². The van der Waals surface area contributed by atoms with Crippen molar-refractivity contribution in [2.75, 3.05) is 6.54 Å². The molecule has 2 heterocycles. The van der Waals surface area contributed by atoms with Crippen LogP contribution in [0.1, 0.15) is 48.6 Å². The lowest BCUT2D eigenvalue weighted by molar-refractivity contribution is 0.234. The normalized spacial score (nSPS) is 18.8. The van der Waals surface area contributed by atoms with E-state index in [0.717, 1.165) is 49.3 Å². The van der Waals surface area contributed by atoms with Gasteiger partial charge in [-0.15, -0.1) is 0 Å². The number of nitriles is 1. The molecule has 1 aromatic heterocycles. The minimum absolute atomic E-state index is 0.195. The topological polar surface area (TPSA) is 66.0 Å². The lowest BCUT2D eigenvalue weighted by Gasteiger charge is -2.22. The lowest BCUT2D eigenvalue weighted by Crippen LogP contribution is -2.24. The third kappa shape index (κ3) is 2.81. The van der Waals surface area contributed by atoms with Crippen molar-refractivity contribution in [3.63, 3.8) is 0 Å². The van der Waals surface area contributed by atoms with Gasteiger partial charge in [0.25, 0.3) is 0 Å². The van der Waals surface area contributed by atoms with Gasteiger partial charge in [-0.05, 0) is 31.0 Å². The second-order valence-corrected chi connectivity index (χ2v) is 5.30. The summed E-state index contributed by atoms with van der Waals surface area (Å²) in [5.41, 5.74) is 1.80. The molecular formula is C16H18N4O. The molecule has 0 N–H and O–H groups in total. The number of likely N-dealkylation sites (tertiary alicyclic amines) is 1. The van der Waals surface area contributed by atoms with Crippen LogP contribution in [0.25, 0.3) is 0 Å². The summed E-state index contributed by atoms with van der Waals surface area (Å²) in [5.74, 6) is 1.47.